The Labute approximate surface area is 204 Å². The van der Waals surface area contributed by atoms with Crippen molar-refractivity contribution >= 4 is 51.7 Å². The highest BCUT2D eigenvalue weighted by atomic mass is 35.5. The van der Waals surface area contributed by atoms with Crippen molar-refractivity contribution in [3.63, 3.8) is 0 Å². The van der Waals surface area contributed by atoms with Crippen LogP contribution >= 0.6 is 34.5 Å². The number of nitriles is 1. The Balaban J connectivity index is 1.45. The second-order valence-corrected chi connectivity index (χ2v) is 9.20. The van der Waals surface area contributed by atoms with Crippen LogP contribution in [0.15, 0.2) is 70.8 Å². The highest BCUT2D eigenvalue weighted by Crippen LogP contribution is 2.28. The third kappa shape index (κ3) is 5.71. The molecule has 0 bridgehead atoms. The number of aromatic nitrogens is 1. The van der Waals surface area contributed by atoms with Crippen molar-refractivity contribution in [1.29, 1.82) is 5.26 Å². The van der Waals surface area contributed by atoms with E-state index in [1.165, 1.54) is 17.4 Å². The molecule has 0 aliphatic heterocycles. The summed E-state index contributed by atoms with van der Waals surface area (Å²) in [6, 6.07) is 18.6. The molecular formula is C25H17Cl2N3O2S. The van der Waals surface area contributed by atoms with Gasteiger partial charge in [0.05, 0.1) is 0 Å². The molecule has 4 rings (SSSR count). The molecule has 164 valence electrons. The summed E-state index contributed by atoms with van der Waals surface area (Å²) in [6.07, 6.45) is 3.60. The standard InChI is InChI=1S/C25H17Cl2N3O2S/c1-15-2-4-16(5-3-15)23-9-7-20(32-23)11-18(13-28)24(31)30-25-29-14-21(33-25)12-17-10-19(26)6-8-22(17)27/h2-11,14H,12H2,1H3,(H,29,30,31). The summed E-state index contributed by atoms with van der Waals surface area (Å²) in [4.78, 5) is 17.7. The fraction of sp³-hybridized carbons (Fsp3) is 0.0800. The molecule has 0 fully saturated rings. The number of thiazole rings is 1. The molecule has 0 unspecified atom stereocenters. The van der Waals surface area contributed by atoms with Crippen LogP contribution in [0.5, 0.6) is 0 Å². The Morgan fingerprint density at radius 2 is 1.97 bits per heavy atom. The van der Waals surface area contributed by atoms with E-state index < -0.39 is 5.91 Å². The lowest BCUT2D eigenvalue weighted by molar-refractivity contribution is -0.112. The Morgan fingerprint density at radius 1 is 1.18 bits per heavy atom. The molecule has 0 aliphatic rings. The highest BCUT2D eigenvalue weighted by Gasteiger charge is 2.14. The van der Waals surface area contributed by atoms with Gasteiger partial charge in [0, 0.05) is 39.2 Å². The van der Waals surface area contributed by atoms with E-state index >= 15 is 0 Å². The van der Waals surface area contributed by atoms with Crippen molar-refractivity contribution in [2.45, 2.75) is 13.3 Å². The van der Waals surface area contributed by atoms with Crippen LogP contribution in [0.3, 0.4) is 0 Å². The molecule has 8 heteroatoms. The van der Waals surface area contributed by atoms with Gasteiger partial charge in [0.15, 0.2) is 5.13 Å². The Morgan fingerprint density at radius 3 is 2.73 bits per heavy atom. The minimum absolute atomic E-state index is 0.0885. The van der Waals surface area contributed by atoms with Gasteiger partial charge in [-0.1, -0.05) is 53.0 Å². The van der Waals surface area contributed by atoms with Crippen LogP contribution in [0.25, 0.3) is 17.4 Å². The first-order chi connectivity index (χ1) is 15.9. The van der Waals surface area contributed by atoms with Gasteiger partial charge in [-0.15, -0.1) is 11.3 Å². The number of carbonyl (C=O) groups is 1. The molecule has 1 N–H and O–H groups in total. The molecule has 33 heavy (non-hydrogen) atoms. The van der Waals surface area contributed by atoms with Gasteiger partial charge in [0.1, 0.15) is 23.2 Å². The maximum atomic E-state index is 12.6. The zero-order chi connectivity index (χ0) is 23.4. The molecule has 0 atom stereocenters. The predicted octanol–water partition coefficient (Wildman–Crippen LogP) is 7.15. The number of rotatable bonds is 6. The zero-order valence-electron chi connectivity index (χ0n) is 17.4. The van der Waals surface area contributed by atoms with Gasteiger partial charge in [0.25, 0.3) is 5.91 Å². The summed E-state index contributed by atoms with van der Waals surface area (Å²) in [7, 11) is 0. The van der Waals surface area contributed by atoms with Crippen LogP contribution in [-0.2, 0) is 11.2 Å². The molecular weight excluding hydrogens is 477 g/mol. The van der Waals surface area contributed by atoms with Gasteiger partial charge in [-0.05, 0) is 42.8 Å². The van der Waals surface area contributed by atoms with E-state index in [9.17, 15) is 10.1 Å². The van der Waals surface area contributed by atoms with Crippen molar-refractivity contribution in [2.24, 2.45) is 0 Å². The first-order valence-corrected chi connectivity index (χ1v) is 11.5. The van der Waals surface area contributed by atoms with Crippen molar-refractivity contribution < 1.29 is 9.21 Å². The number of aryl methyl sites for hydroxylation is 1. The quantitative estimate of drug-likeness (QED) is 0.228. The topological polar surface area (TPSA) is 78.9 Å². The summed E-state index contributed by atoms with van der Waals surface area (Å²) in [5.74, 6) is 0.503. The third-order valence-electron chi connectivity index (χ3n) is 4.76. The fourth-order valence-corrected chi connectivity index (χ4v) is 4.28. The molecule has 5 nitrogen and oxygen atoms in total. The van der Waals surface area contributed by atoms with Gasteiger partial charge >= 0.3 is 0 Å². The minimum atomic E-state index is -0.563. The summed E-state index contributed by atoms with van der Waals surface area (Å²) in [6.45, 7) is 2.01. The van der Waals surface area contributed by atoms with Gasteiger partial charge in [-0.3, -0.25) is 10.1 Å². The molecule has 1 amide bonds. The van der Waals surface area contributed by atoms with E-state index in [2.05, 4.69) is 10.3 Å². The molecule has 0 saturated carbocycles. The van der Waals surface area contributed by atoms with Crippen molar-refractivity contribution in [3.05, 3.63) is 98.2 Å². The lowest BCUT2D eigenvalue weighted by Crippen LogP contribution is -2.13. The first-order valence-electron chi connectivity index (χ1n) is 9.90. The maximum Gasteiger partial charge on any atom is 0.268 e. The number of hydrogen-bond donors (Lipinski definition) is 1. The van der Waals surface area contributed by atoms with Crippen LogP contribution in [0.4, 0.5) is 5.13 Å². The average Bonchev–Trinajstić information content (AvgIpc) is 3.44. The number of nitrogens with zero attached hydrogens (tertiary/aromatic N) is 2. The molecule has 0 spiro atoms. The van der Waals surface area contributed by atoms with Crippen LogP contribution in [0.2, 0.25) is 10.0 Å². The molecule has 0 radical (unpaired) electrons. The fourth-order valence-electron chi connectivity index (χ4n) is 3.07. The molecule has 4 aromatic rings. The lowest BCUT2D eigenvalue weighted by atomic mass is 10.1. The second kappa shape index (κ2) is 10.1. The van der Waals surface area contributed by atoms with Gasteiger partial charge in [-0.25, -0.2) is 4.98 Å². The average molecular weight is 494 g/mol. The van der Waals surface area contributed by atoms with Crippen molar-refractivity contribution in [3.8, 4) is 17.4 Å². The number of amides is 1. The number of carbonyl (C=O) groups excluding carboxylic acids is 1. The number of hydrogen-bond acceptors (Lipinski definition) is 5. The van der Waals surface area contributed by atoms with Gasteiger partial charge in [0.2, 0.25) is 0 Å². The van der Waals surface area contributed by atoms with Crippen molar-refractivity contribution in [1.82, 2.24) is 4.98 Å². The first kappa shape index (κ1) is 22.8. The largest absolute Gasteiger partial charge is 0.457 e. The molecule has 2 aromatic heterocycles. The Hall–Kier alpha value is -3.37. The maximum absolute atomic E-state index is 12.6. The molecule has 0 aliphatic carbocycles. The summed E-state index contributed by atoms with van der Waals surface area (Å²) < 4.78 is 5.79. The SMILES string of the molecule is Cc1ccc(-c2ccc(C=C(C#N)C(=O)Nc3ncc(Cc4cc(Cl)ccc4Cl)s3)o2)cc1. The van der Waals surface area contributed by atoms with E-state index in [1.807, 2.05) is 37.3 Å². The summed E-state index contributed by atoms with van der Waals surface area (Å²) >= 11 is 13.6. The number of halogens is 2. The van der Waals surface area contributed by atoms with Gasteiger partial charge < -0.3 is 4.42 Å². The monoisotopic (exact) mass is 493 g/mol. The normalized spacial score (nSPS) is 11.3. The minimum Gasteiger partial charge on any atom is -0.457 e. The van der Waals surface area contributed by atoms with E-state index in [0.717, 1.165) is 21.6 Å². The van der Waals surface area contributed by atoms with Crippen LogP contribution in [-0.4, -0.2) is 10.9 Å². The number of nitrogens with one attached hydrogen (secondary N) is 1. The van der Waals surface area contributed by atoms with E-state index in [4.69, 9.17) is 27.6 Å². The van der Waals surface area contributed by atoms with Crippen LogP contribution in [0, 0.1) is 18.3 Å². The zero-order valence-corrected chi connectivity index (χ0v) is 19.8. The molecule has 2 heterocycles. The van der Waals surface area contributed by atoms with E-state index in [-0.39, 0.29) is 5.57 Å². The number of benzene rings is 2. The molecule has 0 saturated heterocycles. The van der Waals surface area contributed by atoms with Crippen LogP contribution < -0.4 is 5.32 Å². The van der Waals surface area contributed by atoms with Crippen LogP contribution in [0.1, 0.15) is 21.8 Å². The summed E-state index contributed by atoms with van der Waals surface area (Å²) in [5, 5.41) is 13.7. The van der Waals surface area contributed by atoms with E-state index in [0.29, 0.717) is 33.1 Å². The number of anilines is 1. The van der Waals surface area contributed by atoms with E-state index in [1.54, 1.807) is 36.5 Å². The second-order valence-electron chi connectivity index (χ2n) is 7.24. The summed E-state index contributed by atoms with van der Waals surface area (Å²) in [5.41, 5.74) is 2.84. The van der Waals surface area contributed by atoms with Gasteiger partial charge in [-0.2, -0.15) is 5.26 Å². The Kier molecular flexibility index (Phi) is 6.95. The molecule has 2 aromatic carbocycles. The third-order valence-corrected chi connectivity index (χ3v) is 6.28. The predicted molar refractivity (Wildman–Crippen MR) is 132 cm³/mol. The Bertz CT molecular complexity index is 1380. The number of furan rings is 1. The highest BCUT2D eigenvalue weighted by molar-refractivity contribution is 7.15. The van der Waals surface area contributed by atoms with Crippen molar-refractivity contribution in [2.75, 3.05) is 5.32 Å². The smallest absolute Gasteiger partial charge is 0.268 e. The lowest BCUT2D eigenvalue weighted by Gasteiger charge is -2.02.